The van der Waals surface area contributed by atoms with Crippen molar-refractivity contribution in [3.05, 3.63) is 70.9 Å². The number of benzene rings is 2. The average molecular weight is 459 g/mol. The zero-order valence-corrected chi connectivity index (χ0v) is 19.7. The molecule has 3 aromatic rings. The summed E-state index contributed by atoms with van der Waals surface area (Å²) < 4.78 is 0. The van der Waals surface area contributed by atoms with Crippen LogP contribution in [0.3, 0.4) is 0 Å². The Hall–Kier alpha value is -3.61. The van der Waals surface area contributed by atoms with Gasteiger partial charge < -0.3 is 20.5 Å². The van der Waals surface area contributed by atoms with Gasteiger partial charge in [0, 0.05) is 35.1 Å². The molecule has 1 aromatic heterocycles. The van der Waals surface area contributed by atoms with E-state index in [9.17, 15) is 14.4 Å². The fraction of sp³-hybridized carbons (Fsp3) is 0.370. The Bertz CT molecular complexity index is 1280. The van der Waals surface area contributed by atoms with E-state index < -0.39 is 12.1 Å². The minimum absolute atomic E-state index is 0.154. The lowest BCUT2D eigenvalue weighted by Crippen LogP contribution is -2.56. The normalized spacial score (nSPS) is 19.5. The van der Waals surface area contributed by atoms with Crippen LogP contribution in [0.2, 0.25) is 0 Å². The minimum atomic E-state index is -0.706. The van der Waals surface area contributed by atoms with Gasteiger partial charge in [-0.05, 0) is 42.5 Å². The number of para-hydroxylation sites is 1. The topological polar surface area (TPSA) is 94.3 Å². The highest BCUT2D eigenvalue weighted by Crippen LogP contribution is 2.46. The molecule has 3 N–H and O–H groups in total. The standard InChI is InChI=1S/C27H30N4O3/c1-15(2)12-13-28-25(32)16(3)29-26(33)22-14-20-17-8-6-7-11-21(17)30-23(20)24-18-9-4-5-10-19(18)27(34)31(22)24/h4-11,15-16,22,24,30H,12-14H2,1-3H3,(H,28,32)(H,29,33)/t16-,22-,24-/m0/s1. The Labute approximate surface area is 198 Å². The second-order valence-electron chi connectivity index (χ2n) is 9.69. The van der Waals surface area contributed by atoms with Crippen LogP contribution in [0, 0.1) is 5.92 Å². The van der Waals surface area contributed by atoms with Crippen LogP contribution in [-0.2, 0) is 16.0 Å². The summed E-state index contributed by atoms with van der Waals surface area (Å²) >= 11 is 0. The molecule has 2 aromatic carbocycles. The molecule has 5 rings (SSSR count). The number of H-pyrrole nitrogens is 1. The maximum absolute atomic E-state index is 13.5. The Kier molecular flexibility index (Phi) is 5.63. The first-order valence-corrected chi connectivity index (χ1v) is 12.0. The highest BCUT2D eigenvalue weighted by atomic mass is 16.2. The lowest BCUT2D eigenvalue weighted by molar-refractivity contribution is -0.131. The van der Waals surface area contributed by atoms with Crippen molar-refractivity contribution in [2.75, 3.05) is 6.54 Å². The van der Waals surface area contributed by atoms with E-state index in [0.29, 0.717) is 24.4 Å². The van der Waals surface area contributed by atoms with Crippen molar-refractivity contribution >= 4 is 28.6 Å². The van der Waals surface area contributed by atoms with Gasteiger partial charge in [-0.15, -0.1) is 0 Å². The Morgan fingerprint density at radius 2 is 1.82 bits per heavy atom. The Morgan fingerprint density at radius 1 is 1.09 bits per heavy atom. The highest BCUT2D eigenvalue weighted by molar-refractivity contribution is 6.04. The Morgan fingerprint density at radius 3 is 2.62 bits per heavy atom. The van der Waals surface area contributed by atoms with Gasteiger partial charge in [0.15, 0.2) is 0 Å². The third-order valence-corrected chi connectivity index (χ3v) is 6.93. The fourth-order valence-electron chi connectivity index (χ4n) is 5.15. The average Bonchev–Trinajstić information content (AvgIpc) is 3.34. The van der Waals surface area contributed by atoms with E-state index in [2.05, 4.69) is 29.5 Å². The van der Waals surface area contributed by atoms with Crippen molar-refractivity contribution < 1.29 is 14.4 Å². The third kappa shape index (κ3) is 3.65. The third-order valence-electron chi connectivity index (χ3n) is 6.93. The van der Waals surface area contributed by atoms with Gasteiger partial charge in [0.05, 0.1) is 6.04 Å². The van der Waals surface area contributed by atoms with Gasteiger partial charge in [0.25, 0.3) is 5.91 Å². The number of hydrogen-bond donors (Lipinski definition) is 3. The van der Waals surface area contributed by atoms with Crippen molar-refractivity contribution in [2.24, 2.45) is 5.92 Å². The summed E-state index contributed by atoms with van der Waals surface area (Å²) in [5.41, 5.74) is 4.52. The number of nitrogens with one attached hydrogen (secondary N) is 3. The first-order chi connectivity index (χ1) is 16.4. The molecule has 0 saturated carbocycles. The van der Waals surface area contributed by atoms with Crippen LogP contribution in [-0.4, -0.2) is 46.2 Å². The molecule has 3 atom stereocenters. The number of rotatable bonds is 6. The van der Waals surface area contributed by atoms with E-state index in [-0.39, 0.29) is 23.8 Å². The van der Waals surface area contributed by atoms with Gasteiger partial charge in [-0.2, -0.15) is 0 Å². The van der Waals surface area contributed by atoms with Gasteiger partial charge in [0.1, 0.15) is 12.1 Å². The van der Waals surface area contributed by atoms with Gasteiger partial charge in [0.2, 0.25) is 11.8 Å². The number of amides is 3. The number of fused-ring (bicyclic) bond motifs is 7. The Balaban J connectivity index is 1.46. The summed E-state index contributed by atoms with van der Waals surface area (Å²) in [5, 5.41) is 6.81. The second kappa shape index (κ2) is 8.63. The number of carbonyl (C=O) groups is 3. The highest BCUT2D eigenvalue weighted by Gasteiger charge is 2.49. The molecule has 0 bridgehead atoms. The van der Waals surface area contributed by atoms with Gasteiger partial charge >= 0.3 is 0 Å². The van der Waals surface area contributed by atoms with Crippen molar-refractivity contribution in [2.45, 2.75) is 51.7 Å². The molecule has 7 heteroatoms. The van der Waals surface area contributed by atoms with E-state index in [4.69, 9.17) is 0 Å². The van der Waals surface area contributed by atoms with Gasteiger partial charge in [-0.1, -0.05) is 50.2 Å². The summed E-state index contributed by atoms with van der Waals surface area (Å²) in [4.78, 5) is 44.7. The first-order valence-electron chi connectivity index (χ1n) is 12.0. The quantitative estimate of drug-likeness (QED) is 0.529. The maximum atomic E-state index is 13.5. The van der Waals surface area contributed by atoms with Crippen molar-refractivity contribution in [3.63, 3.8) is 0 Å². The molecule has 0 unspecified atom stereocenters. The van der Waals surface area contributed by atoms with Crippen LogP contribution in [0.1, 0.15) is 60.4 Å². The van der Waals surface area contributed by atoms with Crippen LogP contribution in [0.15, 0.2) is 48.5 Å². The molecule has 0 spiro atoms. The van der Waals surface area contributed by atoms with E-state index in [0.717, 1.165) is 34.1 Å². The molecule has 2 aliphatic heterocycles. The summed E-state index contributed by atoms with van der Waals surface area (Å²) in [6.45, 7) is 6.45. The predicted octanol–water partition coefficient (Wildman–Crippen LogP) is 3.30. The molecule has 176 valence electrons. The summed E-state index contributed by atoms with van der Waals surface area (Å²) in [6, 6.07) is 13.8. The summed E-state index contributed by atoms with van der Waals surface area (Å²) in [5.74, 6) is -0.199. The number of aromatic nitrogens is 1. The molecular formula is C27H30N4O3. The number of nitrogens with zero attached hydrogens (tertiary/aromatic N) is 1. The molecule has 3 amide bonds. The zero-order chi connectivity index (χ0) is 24.0. The van der Waals surface area contributed by atoms with E-state index >= 15 is 0 Å². The predicted molar refractivity (Wildman–Crippen MR) is 130 cm³/mol. The lowest BCUT2D eigenvalue weighted by Gasteiger charge is -2.37. The molecule has 0 aliphatic carbocycles. The lowest BCUT2D eigenvalue weighted by atomic mass is 9.90. The van der Waals surface area contributed by atoms with Crippen LogP contribution in [0.5, 0.6) is 0 Å². The van der Waals surface area contributed by atoms with Crippen molar-refractivity contribution in [1.82, 2.24) is 20.5 Å². The molecular weight excluding hydrogens is 428 g/mol. The molecule has 7 nitrogen and oxygen atoms in total. The summed E-state index contributed by atoms with van der Waals surface area (Å²) in [7, 11) is 0. The largest absolute Gasteiger partial charge is 0.356 e. The first kappa shape index (κ1) is 22.2. The molecule has 0 radical (unpaired) electrons. The van der Waals surface area contributed by atoms with Crippen molar-refractivity contribution in [3.8, 4) is 0 Å². The van der Waals surface area contributed by atoms with E-state index in [1.165, 1.54) is 0 Å². The molecule has 0 saturated heterocycles. The van der Waals surface area contributed by atoms with E-state index in [1.54, 1.807) is 11.8 Å². The smallest absolute Gasteiger partial charge is 0.255 e. The molecule has 3 heterocycles. The fourth-order valence-corrected chi connectivity index (χ4v) is 5.15. The minimum Gasteiger partial charge on any atom is -0.356 e. The number of hydrogen-bond acceptors (Lipinski definition) is 3. The number of carbonyl (C=O) groups excluding carboxylic acids is 3. The molecule has 2 aliphatic rings. The van der Waals surface area contributed by atoms with Gasteiger partial charge in [-0.25, -0.2) is 0 Å². The summed E-state index contributed by atoms with van der Waals surface area (Å²) in [6.07, 6.45) is 1.27. The van der Waals surface area contributed by atoms with E-state index in [1.807, 2.05) is 48.5 Å². The van der Waals surface area contributed by atoms with Crippen LogP contribution >= 0.6 is 0 Å². The second-order valence-corrected chi connectivity index (χ2v) is 9.69. The zero-order valence-electron chi connectivity index (χ0n) is 19.7. The monoisotopic (exact) mass is 458 g/mol. The molecule has 0 fully saturated rings. The van der Waals surface area contributed by atoms with Crippen LogP contribution in [0.25, 0.3) is 10.9 Å². The van der Waals surface area contributed by atoms with Crippen LogP contribution in [0.4, 0.5) is 0 Å². The van der Waals surface area contributed by atoms with Gasteiger partial charge in [-0.3, -0.25) is 14.4 Å². The number of aromatic amines is 1. The van der Waals surface area contributed by atoms with Crippen molar-refractivity contribution in [1.29, 1.82) is 0 Å². The molecule has 34 heavy (non-hydrogen) atoms. The van der Waals surface area contributed by atoms with Crippen LogP contribution < -0.4 is 10.6 Å². The SMILES string of the molecule is CC(C)CCNC(=O)[C@H](C)NC(=O)[C@@H]1Cc2c([nH]c3ccccc23)[C@@H]2c3ccccc3C(=O)N21. The maximum Gasteiger partial charge on any atom is 0.255 e.